The smallest absolute Gasteiger partial charge is 0.220 e. The van der Waals surface area contributed by atoms with Gasteiger partial charge in [-0.3, -0.25) is 4.90 Å². The number of imidazole rings is 2. The van der Waals surface area contributed by atoms with Crippen molar-refractivity contribution in [3.05, 3.63) is 61.1 Å². The van der Waals surface area contributed by atoms with Crippen LogP contribution in [0.4, 0.5) is 17.6 Å². The highest BCUT2D eigenvalue weighted by molar-refractivity contribution is 5.86. The number of morpholine rings is 3. The van der Waals surface area contributed by atoms with Crippen LogP contribution in [-0.4, -0.2) is 146 Å². The van der Waals surface area contributed by atoms with Gasteiger partial charge in [0.1, 0.15) is 17.8 Å². The summed E-state index contributed by atoms with van der Waals surface area (Å²) in [5.74, 6) is 3.16. The van der Waals surface area contributed by atoms with E-state index in [1.54, 1.807) is 32.0 Å². The molecule has 0 aliphatic carbocycles. The second-order valence-corrected chi connectivity index (χ2v) is 13.0. The summed E-state index contributed by atoms with van der Waals surface area (Å²) >= 11 is 0. The maximum atomic E-state index is 5.79. The fourth-order valence-corrected chi connectivity index (χ4v) is 6.73. The molecular weight excluding hydrogens is 692 g/mol. The second-order valence-electron chi connectivity index (χ2n) is 13.0. The van der Waals surface area contributed by atoms with Gasteiger partial charge in [-0.1, -0.05) is 12.1 Å². The molecule has 0 unspecified atom stereocenters. The fraction of sp³-hybridized carbons (Fsp3) is 0.444. The fourth-order valence-electron chi connectivity index (χ4n) is 6.73. The quantitative estimate of drug-likeness (QED) is 0.226. The number of methoxy groups -OCH3 is 1. The molecule has 0 saturated carbocycles. The van der Waals surface area contributed by atoms with Gasteiger partial charge in [0, 0.05) is 58.6 Å². The van der Waals surface area contributed by atoms with Crippen LogP contribution in [-0.2, 0) is 27.3 Å². The maximum Gasteiger partial charge on any atom is 0.220 e. The number of benzene rings is 1. The molecule has 0 bridgehead atoms. The van der Waals surface area contributed by atoms with Gasteiger partial charge in [-0.25, -0.2) is 39.9 Å². The molecule has 0 radical (unpaired) electrons. The molecule has 54 heavy (non-hydrogen) atoms. The van der Waals surface area contributed by atoms with Crippen molar-refractivity contribution in [3.8, 4) is 17.3 Å². The third-order valence-corrected chi connectivity index (χ3v) is 9.60. The molecule has 2 N–H and O–H groups in total. The first-order valence-corrected chi connectivity index (χ1v) is 18.2. The van der Waals surface area contributed by atoms with Gasteiger partial charge in [0.25, 0.3) is 0 Å². The van der Waals surface area contributed by atoms with E-state index >= 15 is 0 Å². The van der Waals surface area contributed by atoms with Crippen molar-refractivity contribution < 1.29 is 18.9 Å². The van der Waals surface area contributed by atoms with Gasteiger partial charge in [-0.2, -0.15) is 0 Å². The zero-order valence-electron chi connectivity index (χ0n) is 30.3. The van der Waals surface area contributed by atoms with E-state index in [9.17, 15) is 0 Å². The molecular formula is C36H44N14O4. The van der Waals surface area contributed by atoms with Gasteiger partial charge in [0.2, 0.25) is 5.95 Å². The number of aromatic nitrogens is 10. The van der Waals surface area contributed by atoms with Crippen molar-refractivity contribution in [1.82, 2.24) is 53.9 Å². The predicted molar refractivity (Wildman–Crippen MR) is 202 cm³/mol. The monoisotopic (exact) mass is 736 g/mol. The van der Waals surface area contributed by atoms with Crippen molar-refractivity contribution in [3.63, 3.8) is 0 Å². The predicted octanol–water partition coefficient (Wildman–Crippen LogP) is 1.75. The Labute approximate surface area is 311 Å². The summed E-state index contributed by atoms with van der Waals surface area (Å²) in [6.07, 6.45) is 6.91. The van der Waals surface area contributed by atoms with Gasteiger partial charge in [-0.15, -0.1) is 0 Å². The van der Waals surface area contributed by atoms with Gasteiger partial charge >= 0.3 is 0 Å². The molecule has 9 rings (SSSR count). The zero-order chi connectivity index (χ0) is 36.7. The van der Waals surface area contributed by atoms with E-state index in [4.69, 9.17) is 34.6 Å². The van der Waals surface area contributed by atoms with E-state index in [1.165, 1.54) is 0 Å². The van der Waals surface area contributed by atoms with E-state index in [1.807, 2.05) is 35.2 Å². The van der Waals surface area contributed by atoms with Gasteiger partial charge in [0.05, 0.1) is 66.0 Å². The molecule has 3 fully saturated rings. The Morgan fingerprint density at radius 2 is 1.37 bits per heavy atom. The van der Waals surface area contributed by atoms with Crippen LogP contribution in [0.15, 0.2) is 55.5 Å². The highest BCUT2D eigenvalue weighted by Crippen LogP contribution is 2.28. The Kier molecular flexibility index (Phi) is 10.9. The lowest BCUT2D eigenvalue weighted by Crippen LogP contribution is -2.38. The van der Waals surface area contributed by atoms with E-state index in [-0.39, 0.29) is 5.95 Å². The molecule has 18 heteroatoms. The van der Waals surface area contributed by atoms with Crippen LogP contribution >= 0.6 is 0 Å². The molecule has 18 nitrogen and oxygen atoms in total. The third kappa shape index (κ3) is 8.01. The Bertz CT molecular complexity index is 2160. The van der Waals surface area contributed by atoms with E-state index in [2.05, 4.69) is 49.2 Å². The molecule has 3 aliphatic rings. The second kappa shape index (κ2) is 16.6. The number of fused-ring (bicyclic) bond motifs is 2. The third-order valence-electron chi connectivity index (χ3n) is 9.60. The standard InChI is InChI=1S/C21H22N8O2.C15H22N6O2/c1-30-15-4-2-3-14(11-15)12-29-13-24-17-19(28-7-9-31-10-8-28)26-18(27-20(17)29)16-5-6-23-21(22)25-16;1(19-3-7-22-8-4-19)2-21-12-18-13-14(16-11-17-15(13)21)20-5-9-23-10-6-20/h2-6,11,13H,7-10,12H2,1H3,(H2,22,23,25);11-12H,1-10H2. The van der Waals surface area contributed by atoms with Crippen LogP contribution in [0.1, 0.15) is 5.56 Å². The Morgan fingerprint density at radius 3 is 2.09 bits per heavy atom. The van der Waals surface area contributed by atoms with Crippen LogP contribution < -0.4 is 20.3 Å². The number of hydrogen-bond acceptors (Lipinski definition) is 16. The number of nitrogens with two attached hydrogens (primary N) is 1. The summed E-state index contributed by atoms with van der Waals surface area (Å²) in [5, 5.41) is 0. The van der Waals surface area contributed by atoms with Gasteiger partial charge in [0.15, 0.2) is 39.8 Å². The summed E-state index contributed by atoms with van der Waals surface area (Å²) < 4.78 is 25.8. The number of anilines is 3. The number of nitrogen functional groups attached to an aromatic ring is 1. The molecule has 3 aliphatic heterocycles. The number of nitrogens with zero attached hydrogens (tertiary/aromatic N) is 13. The van der Waals surface area contributed by atoms with Crippen LogP contribution in [0.5, 0.6) is 5.75 Å². The minimum atomic E-state index is 0.180. The van der Waals surface area contributed by atoms with Crippen molar-refractivity contribution in [2.24, 2.45) is 0 Å². The molecule has 5 aromatic heterocycles. The van der Waals surface area contributed by atoms with Crippen LogP contribution in [0.3, 0.4) is 0 Å². The van der Waals surface area contributed by atoms with Crippen molar-refractivity contribution in [1.29, 1.82) is 0 Å². The molecule has 0 spiro atoms. The van der Waals surface area contributed by atoms with Crippen LogP contribution in [0.25, 0.3) is 33.8 Å². The summed E-state index contributed by atoms with van der Waals surface area (Å²) in [4.78, 5) is 42.8. The average Bonchev–Trinajstić information content (AvgIpc) is 3.85. The lowest BCUT2D eigenvalue weighted by molar-refractivity contribution is 0.0365. The highest BCUT2D eigenvalue weighted by atomic mass is 16.5. The largest absolute Gasteiger partial charge is 0.497 e. The van der Waals surface area contributed by atoms with Gasteiger partial charge < -0.3 is 43.6 Å². The first-order valence-electron chi connectivity index (χ1n) is 18.2. The van der Waals surface area contributed by atoms with Crippen molar-refractivity contribution in [2.45, 2.75) is 13.1 Å². The average molecular weight is 737 g/mol. The topological polar surface area (TPSA) is 186 Å². The summed E-state index contributed by atoms with van der Waals surface area (Å²) in [5.41, 5.74) is 10.7. The first-order chi connectivity index (χ1) is 26.6. The maximum absolute atomic E-state index is 5.79. The normalized spacial score (nSPS) is 16.8. The Hall–Kier alpha value is -5.56. The van der Waals surface area contributed by atoms with Crippen LogP contribution in [0.2, 0.25) is 0 Å². The Morgan fingerprint density at radius 1 is 0.685 bits per heavy atom. The number of hydrogen-bond donors (Lipinski definition) is 1. The van der Waals surface area contributed by atoms with Crippen molar-refractivity contribution in [2.75, 3.05) is 108 Å². The van der Waals surface area contributed by atoms with Gasteiger partial charge in [-0.05, 0) is 23.8 Å². The Balaban J connectivity index is 0.000000160. The SMILES string of the molecule is COc1cccc(Cn2cnc3c(N4CCOCC4)nc(-c4ccnc(N)n4)nc32)c1.c1nc(N2CCOCC2)c2ncn(CCN3CCOCC3)c2n1. The zero-order valence-corrected chi connectivity index (χ0v) is 30.3. The number of ether oxygens (including phenoxy) is 4. The molecule has 282 valence electrons. The van der Waals surface area contributed by atoms with Crippen molar-refractivity contribution >= 4 is 39.9 Å². The van der Waals surface area contributed by atoms with E-state index < -0.39 is 0 Å². The summed E-state index contributed by atoms with van der Waals surface area (Å²) in [7, 11) is 1.66. The van der Waals surface area contributed by atoms with E-state index in [0.29, 0.717) is 31.3 Å². The summed E-state index contributed by atoms with van der Waals surface area (Å²) in [6, 6.07) is 9.69. The van der Waals surface area contributed by atoms with E-state index in [0.717, 1.165) is 124 Å². The lowest BCUT2D eigenvalue weighted by Gasteiger charge is -2.28. The minimum absolute atomic E-state index is 0.180. The highest BCUT2D eigenvalue weighted by Gasteiger charge is 2.22. The summed E-state index contributed by atoms with van der Waals surface area (Å²) in [6.45, 7) is 12.1. The number of rotatable bonds is 9. The minimum Gasteiger partial charge on any atom is -0.497 e. The molecule has 8 heterocycles. The lowest BCUT2D eigenvalue weighted by atomic mass is 10.2. The molecule has 6 aromatic rings. The molecule has 1 aromatic carbocycles. The molecule has 0 amide bonds. The van der Waals surface area contributed by atoms with Crippen LogP contribution in [0, 0.1) is 0 Å². The first kappa shape index (κ1) is 35.5. The molecule has 3 saturated heterocycles. The molecule has 0 atom stereocenters.